The van der Waals surface area contributed by atoms with Crippen LogP contribution in [0.4, 0.5) is 4.79 Å². The number of amides is 3. The van der Waals surface area contributed by atoms with Crippen molar-refractivity contribution in [3.8, 4) is 0 Å². The molecule has 17 heavy (non-hydrogen) atoms. The summed E-state index contributed by atoms with van der Waals surface area (Å²) in [4.78, 5) is 26.6. The highest BCUT2D eigenvalue weighted by atomic mass is 16.2. The minimum absolute atomic E-state index is 0.0973. The third kappa shape index (κ3) is 2.30. The summed E-state index contributed by atoms with van der Waals surface area (Å²) in [6, 6.07) is 7.65. The second-order valence-corrected chi connectivity index (χ2v) is 4.43. The van der Waals surface area contributed by atoms with E-state index in [0.29, 0.717) is 19.4 Å². The van der Waals surface area contributed by atoms with Crippen LogP contribution in [0, 0.1) is 0 Å². The molecule has 1 aliphatic rings. The van der Waals surface area contributed by atoms with Gasteiger partial charge >= 0.3 is 6.03 Å². The smallest absolute Gasteiger partial charge is 0.326 e. The third-order valence-corrected chi connectivity index (χ3v) is 2.97. The number of urea groups is 1. The second kappa shape index (κ2) is 4.57. The molecule has 0 aliphatic carbocycles. The molecule has 0 spiro atoms. The van der Waals surface area contributed by atoms with Crippen LogP contribution in [0.25, 0.3) is 0 Å². The highest BCUT2D eigenvalue weighted by Crippen LogP contribution is 2.19. The zero-order chi connectivity index (χ0) is 12.4. The normalized spacial score (nSPS) is 15.2. The Bertz CT molecular complexity index is 454. The zero-order valence-electron chi connectivity index (χ0n) is 10.1. The fourth-order valence-corrected chi connectivity index (χ4v) is 2.01. The number of carbonyl (C=O) groups excluding carboxylic acids is 2. The van der Waals surface area contributed by atoms with E-state index in [9.17, 15) is 9.59 Å². The Morgan fingerprint density at radius 1 is 1.18 bits per heavy atom. The molecule has 0 saturated heterocycles. The summed E-state index contributed by atoms with van der Waals surface area (Å²) >= 11 is 0. The number of rotatable bonds is 0. The molecule has 0 N–H and O–H groups in total. The predicted molar refractivity (Wildman–Crippen MR) is 64.4 cm³/mol. The number of hydrogen-bond acceptors (Lipinski definition) is 2. The number of hydrogen-bond donors (Lipinski definition) is 0. The van der Waals surface area contributed by atoms with E-state index in [4.69, 9.17) is 0 Å². The van der Waals surface area contributed by atoms with Crippen LogP contribution in [0.5, 0.6) is 0 Å². The summed E-state index contributed by atoms with van der Waals surface area (Å²) in [5, 5.41) is 0. The van der Waals surface area contributed by atoms with Gasteiger partial charge in [0.2, 0.25) is 5.91 Å². The number of aryl methyl sites for hydroxylation is 1. The van der Waals surface area contributed by atoms with Crippen molar-refractivity contribution < 1.29 is 9.59 Å². The lowest BCUT2D eigenvalue weighted by Gasteiger charge is -2.23. The van der Waals surface area contributed by atoms with E-state index in [1.165, 1.54) is 9.80 Å². The van der Waals surface area contributed by atoms with E-state index >= 15 is 0 Å². The van der Waals surface area contributed by atoms with Crippen LogP contribution in [0.3, 0.4) is 0 Å². The van der Waals surface area contributed by atoms with Gasteiger partial charge < -0.3 is 4.90 Å². The molecule has 4 heteroatoms. The molecule has 1 heterocycles. The quantitative estimate of drug-likeness (QED) is 0.682. The molecule has 0 fully saturated rings. The molecule has 1 aromatic rings. The molecule has 90 valence electrons. The average Bonchev–Trinajstić information content (AvgIpc) is 2.48. The number of nitrogens with zero attached hydrogens (tertiary/aromatic N) is 2. The van der Waals surface area contributed by atoms with Crippen molar-refractivity contribution in [2.75, 3.05) is 14.1 Å². The molecule has 2 rings (SSSR count). The fourth-order valence-electron chi connectivity index (χ4n) is 2.01. The van der Waals surface area contributed by atoms with Gasteiger partial charge in [-0.2, -0.15) is 0 Å². The lowest BCUT2D eigenvalue weighted by molar-refractivity contribution is -0.128. The Labute approximate surface area is 101 Å². The molecule has 0 atom stereocenters. The van der Waals surface area contributed by atoms with Crippen LogP contribution in [-0.4, -0.2) is 35.8 Å². The van der Waals surface area contributed by atoms with E-state index in [0.717, 1.165) is 11.1 Å². The summed E-state index contributed by atoms with van der Waals surface area (Å²) in [5.74, 6) is -0.0973. The van der Waals surface area contributed by atoms with Crippen LogP contribution in [0.2, 0.25) is 0 Å². The van der Waals surface area contributed by atoms with Gasteiger partial charge in [-0.05, 0) is 17.5 Å². The standard InChI is InChI=1S/C13H16N2O2/c1-14(2)13(17)15-9-11-6-4-3-5-10(11)7-8-12(15)16/h3-6H,7-9H2,1-2H3. The maximum Gasteiger partial charge on any atom is 0.326 e. The first kappa shape index (κ1) is 11.6. The summed E-state index contributed by atoms with van der Waals surface area (Å²) in [6.07, 6.45) is 1.11. The van der Waals surface area contributed by atoms with E-state index in [1.54, 1.807) is 14.1 Å². The van der Waals surface area contributed by atoms with Crippen molar-refractivity contribution >= 4 is 11.9 Å². The van der Waals surface area contributed by atoms with Crippen LogP contribution < -0.4 is 0 Å². The molecule has 1 aromatic carbocycles. The maximum absolute atomic E-state index is 11.9. The SMILES string of the molecule is CN(C)C(=O)N1Cc2ccccc2CCC1=O. The number of carbonyl (C=O) groups is 2. The molecule has 0 aromatic heterocycles. The minimum Gasteiger partial charge on any atom is -0.330 e. The molecule has 0 bridgehead atoms. The van der Waals surface area contributed by atoms with Gasteiger partial charge in [0, 0.05) is 20.5 Å². The van der Waals surface area contributed by atoms with Crippen LogP contribution >= 0.6 is 0 Å². The van der Waals surface area contributed by atoms with Crippen molar-refractivity contribution in [1.82, 2.24) is 9.80 Å². The minimum atomic E-state index is -0.244. The van der Waals surface area contributed by atoms with Crippen molar-refractivity contribution in [3.05, 3.63) is 35.4 Å². The first-order valence-corrected chi connectivity index (χ1v) is 5.68. The van der Waals surface area contributed by atoms with E-state index in [2.05, 4.69) is 0 Å². The van der Waals surface area contributed by atoms with Crippen LogP contribution in [0.1, 0.15) is 17.5 Å². The van der Waals surface area contributed by atoms with Crippen molar-refractivity contribution in [3.63, 3.8) is 0 Å². The van der Waals surface area contributed by atoms with Gasteiger partial charge in [-0.1, -0.05) is 24.3 Å². The Morgan fingerprint density at radius 2 is 1.82 bits per heavy atom. The van der Waals surface area contributed by atoms with Crippen molar-refractivity contribution in [2.24, 2.45) is 0 Å². The molecular formula is C13H16N2O2. The van der Waals surface area contributed by atoms with Gasteiger partial charge in [-0.25, -0.2) is 4.79 Å². The Kier molecular flexibility index (Phi) is 3.13. The lowest BCUT2D eigenvalue weighted by atomic mass is 10.0. The molecule has 0 saturated carbocycles. The van der Waals surface area contributed by atoms with E-state index in [-0.39, 0.29) is 11.9 Å². The van der Waals surface area contributed by atoms with Gasteiger partial charge in [0.25, 0.3) is 0 Å². The fraction of sp³-hybridized carbons (Fsp3) is 0.385. The van der Waals surface area contributed by atoms with Gasteiger partial charge in [0.1, 0.15) is 0 Å². The summed E-state index contributed by atoms with van der Waals surface area (Å²) < 4.78 is 0. The Morgan fingerprint density at radius 3 is 2.47 bits per heavy atom. The van der Waals surface area contributed by atoms with Gasteiger partial charge in [-0.15, -0.1) is 0 Å². The van der Waals surface area contributed by atoms with Crippen molar-refractivity contribution in [1.29, 1.82) is 0 Å². The van der Waals surface area contributed by atoms with Crippen LogP contribution in [0.15, 0.2) is 24.3 Å². The first-order valence-electron chi connectivity index (χ1n) is 5.68. The summed E-state index contributed by atoms with van der Waals surface area (Å²) in [7, 11) is 3.32. The van der Waals surface area contributed by atoms with Crippen molar-refractivity contribution in [2.45, 2.75) is 19.4 Å². The molecule has 1 aliphatic heterocycles. The average molecular weight is 232 g/mol. The molecular weight excluding hydrogens is 216 g/mol. The summed E-state index contributed by atoms with van der Waals surface area (Å²) in [5.41, 5.74) is 2.23. The Hall–Kier alpha value is -1.84. The second-order valence-electron chi connectivity index (χ2n) is 4.43. The first-order chi connectivity index (χ1) is 8.09. The van der Waals surface area contributed by atoms with E-state index in [1.807, 2.05) is 24.3 Å². The van der Waals surface area contributed by atoms with Gasteiger partial charge in [-0.3, -0.25) is 9.69 Å². The topological polar surface area (TPSA) is 40.6 Å². The van der Waals surface area contributed by atoms with Gasteiger partial charge in [0.15, 0.2) is 0 Å². The highest BCUT2D eigenvalue weighted by molar-refractivity contribution is 5.94. The number of fused-ring (bicyclic) bond motifs is 1. The predicted octanol–water partition coefficient (Wildman–Crippen LogP) is 1.64. The highest BCUT2D eigenvalue weighted by Gasteiger charge is 2.26. The van der Waals surface area contributed by atoms with Crippen LogP contribution in [-0.2, 0) is 17.8 Å². The monoisotopic (exact) mass is 232 g/mol. The maximum atomic E-state index is 11.9. The molecule has 3 amide bonds. The number of imide groups is 1. The molecule has 0 radical (unpaired) electrons. The van der Waals surface area contributed by atoms with Gasteiger partial charge in [0.05, 0.1) is 6.54 Å². The molecule has 0 unspecified atom stereocenters. The lowest BCUT2D eigenvalue weighted by Crippen LogP contribution is -2.42. The zero-order valence-corrected chi connectivity index (χ0v) is 10.1. The van der Waals surface area contributed by atoms with E-state index < -0.39 is 0 Å². The number of benzene rings is 1. The largest absolute Gasteiger partial charge is 0.330 e. The molecule has 4 nitrogen and oxygen atoms in total. The third-order valence-electron chi connectivity index (χ3n) is 2.97. The Balaban J connectivity index is 2.30. The summed E-state index contributed by atoms with van der Waals surface area (Å²) in [6.45, 7) is 0.381.